The van der Waals surface area contributed by atoms with Crippen LogP contribution in [0.3, 0.4) is 0 Å². The van der Waals surface area contributed by atoms with E-state index < -0.39 is 10.6 Å². The number of carbonyl (C=O) groups excluding carboxylic acids is 2. The van der Waals surface area contributed by atoms with Crippen molar-refractivity contribution in [1.82, 2.24) is 0 Å². The summed E-state index contributed by atoms with van der Waals surface area (Å²) in [5, 5.41) is 0. The van der Waals surface area contributed by atoms with Crippen molar-refractivity contribution in [3.05, 3.63) is 0 Å². The van der Waals surface area contributed by atoms with Crippen molar-refractivity contribution >= 4 is 10.6 Å². The minimum atomic E-state index is -0.991. The van der Waals surface area contributed by atoms with Gasteiger partial charge in [0.2, 0.25) is 0 Å². The van der Waals surface area contributed by atoms with E-state index in [1.54, 1.807) is 0 Å². The second-order valence-electron chi connectivity index (χ2n) is 0.627. The Kier molecular flexibility index (Phi) is 1.84. The van der Waals surface area contributed by atoms with Crippen LogP contribution in [0.25, 0.3) is 0 Å². The zero-order valence-corrected chi connectivity index (χ0v) is 3.85. The summed E-state index contributed by atoms with van der Waals surface area (Å²) in [4.78, 5) is 19.1. The van der Waals surface area contributed by atoms with Crippen molar-refractivity contribution in [3.63, 3.8) is 0 Å². The molecule has 2 N–H and O–H groups in total. The van der Waals surface area contributed by atoms with Crippen molar-refractivity contribution in [2.45, 2.75) is 0 Å². The van der Waals surface area contributed by atoms with Crippen molar-refractivity contribution in [2.24, 2.45) is 5.73 Å². The average molecular weight is 128 g/mol. The minimum absolute atomic E-state index is 0.852. The standard InChI is InChI=1S/C2H2NO2.Fe/c3-2(5)1-4;/h(H2,3,5);. The Morgan fingerprint density at radius 3 is 1.67 bits per heavy atom. The first-order valence-electron chi connectivity index (χ1n) is 1.12. The molecule has 0 aromatic rings. The van der Waals surface area contributed by atoms with E-state index >= 15 is 0 Å². The van der Waals surface area contributed by atoms with Crippen molar-refractivity contribution in [2.75, 3.05) is 0 Å². The zero-order valence-electron chi connectivity index (χ0n) is 2.75. The summed E-state index contributed by atoms with van der Waals surface area (Å²) in [6, 6.07) is 0. The summed E-state index contributed by atoms with van der Waals surface area (Å²) in [6.45, 7) is 0. The van der Waals surface area contributed by atoms with Crippen LogP contribution in [0.4, 0.5) is 0 Å². The van der Waals surface area contributed by atoms with E-state index in [1.165, 1.54) is 0 Å². The summed E-state index contributed by atoms with van der Waals surface area (Å²) in [5.41, 5.74) is 4.38. The number of carbonyl (C=O) groups is 2. The van der Waals surface area contributed by atoms with Crippen LogP contribution in [-0.4, -0.2) is 10.6 Å². The molecule has 0 rings (SSSR count). The molecule has 1 amide bonds. The van der Waals surface area contributed by atoms with E-state index in [0.717, 1.165) is 0 Å². The fourth-order valence-corrected chi connectivity index (χ4v) is 0. The molecule has 0 radical (unpaired) electrons. The van der Waals surface area contributed by atoms with Gasteiger partial charge in [-0.1, -0.05) is 0 Å². The second-order valence-corrected chi connectivity index (χ2v) is 1.13. The molecule has 0 heterocycles. The number of hydrogen-bond acceptors (Lipinski definition) is 2. The zero-order chi connectivity index (χ0) is 5.15. The molecule has 0 aliphatic carbocycles. The van der Waals surface area contributed by atoms with Gasteiger partial charge in [0.1, 0.15) is 0 Å². The van der Waals surface area contributed by atoms with Crippen LogP contribution in [-0.2, 0) is 25.6 Å². The van der Waals surface area contributed by atoms with Crippen molar-refractivity contribution in [3.8, 4) is 0 Å². The van der Waals surface area contributed by atoms with Crippen LogP contribution in [0, 0.1) is 0 Å². The first-order valence-corrected chi connectivity index (χ1v) is 1.68. The first kappa shape index (κ1) is 5.66. The van der Waals surface area contributed by atoms with Crippen LogP contribution in [0.2, 0.25) is 0 Å². The van der Waals surface area contributed by atoms with E-state index in [9.17, 15) is 9.59 Å². The van der Waals surface area contributed by atoms with Gasteiger partial charge < -0.3 is 0 Å². The Labute approximate surface area is 42.7 Å². The normalized spacial score (nSPS) is 7.50. The van der Waals surface area contributed by atoms with Gasteiger partial charge >= 0.3 is 41.9 Å². The van der Waals surface area contributed by atoms with Crippen LogP contribution >= 0.6 is 0 Å². The molecule has 35 valence electrons. The molecule has 3 nitrogen and oxygen atoms in total. The maximum absolute atomic E-state index is 9.56. The average Bonchev–Trinajstić information content (AvgIpc) is 1.36. The van der Waals surface area contributed by atoms with Crippen molar-refractivity contribution in [1.29, 1.82) is 0 Å². The van der Waals surface area contributed by atoms with Gasteiger partial charge in [-0.05, 0) is 0 Å². The number of primary amides is 1. The van der Waals surface area contributed by atoms with Gasteiger partial charge in [0.15, 0.2) is 0 Å². The molecule has 0 fully saturated rings. The van der Waals surface area contributed by atoms with Gasteiger partial charge in [0, 0.05) is 0 Å². The molecule has 0 unspecified atom stereocenters. The van der Waals surface area contributed by atoms with E-state index in [2.05, 4.69) is 21.7 Å². The van der Waals surface area contributed by atoms with Gasteiger partial charge in [0.25, 0.3) is 0 Å². The van der Waals surface area contributed by atoms with E-state index in [4.69, 9.17) is 0 Å². The quantitative estimate of drug-likeness (QED) is 0.346. The number of rotatable bonds is 1. The van der Waals surface area contributed by atoms with E-state index in [1.807, 2.05) is 0 Å². The molecule has 0 spiro atoms. The van der Waals surface area contributed by atoms with Gasteiger partial charge in [0.05, 0.1) is 0 Å². The Hall–Kier alpha value is -0.341. The Morgan fingerprint density at radius 2 is 1.67 bits per heavy atom. The SMILES string of the molecule is NC(=O)[C](=O)[Fe]. The molecule has 0 saturated heterocycles. The predicted octanol–water partition coefficient (Wildman–Crippen LogP) is -1.45. The van der Waals surface area contributed by atoms with Crippen LogP contribution in [0.15, 0.2) is 0 Å². The topological polar surface area (TPSA) is 60.2 Å². The summed E-state index contributed by atoms with van der Waals surface area (Å²) < 4.78 is -0.852. The maximum atomic E-state index is 9.56. The number of nitrogens with two attached hydrogens (primary N) is 1. The number of amides is 1. The third-order valence-electron chi connectivity index (χ3n) is 0.188. The van der Waals surface area contributed by atoms with Crippen molar-refractivity contribution < 1.29 is 25.6 Å². The summed E-state index contributed by atoms with van der Waals surface area (Å²) in [5.74, 6) is -0.991. The number of hydrogen-bond donors (Lipinski definition) is 1. The Bertz CT molecular complexity index is 77.5. The fourth-order valence-electron chi connectivity index (χ4n) is 0. The Morgan fingerprint density at radius 1 is 1.50 bits per heavy atom. The monoisotopic (exact) mass is 128 g/mol. The molecule has 0 aliphatic rings. The van der Waals surface area contributed by atoms with Gasteiger partial charge in [-0.15, -0.1) is 0 Å². The van der Waals surface area contributed by atoms with E-state index in [0.29, 0.717) is 0 Å². The third kappa shape index (κ3) is 1.93. The molecule has 0 saturated carbocycles. The molecular formula is C2H2FeNO2. The first-order chi connectivity index (χ1) is 2.64. The molecule has 0 aromatic heterocycles. The van der Waals surface area contributed by atoms with Crippen LogP contribution < -0.4 is 5.73 Å². The van der Waals surface area contributed by atoms with E-state index in [-0.39, 0.29) is 0 Å². The summed E-state index contributed by atoms with van der Waals surface area (Å²) in [7, 11) is 0. The Balaban J connectivity index is 3.57. The second kappa shape index (κ2) is 1.95. The van der Waals surface area contributed by atoms with Gasteiger partial charge in [-0.3, -0.25) is 0 Å². The fraction of sp³-hybridized carbons (Fsp3) is 0. The predicted molar refractivity (Wildman–Crippen MR) is 14.2 cm³/mol. The molecule has 0 bridgehead atoms. The molecule has 6 heavy (non-hydrogen) atoms. The summed E-state index contributed by atoms with van der Waals surface area (Å²) >= 11 is 2.72. The molecular weight excluding hydrogens is 126 g/mol. The van der Waals surface area contributed by atoms with Gasteiger partial charge in [-0.25, -0.2) is 0 Å². The molecule has 0 aliphatic heterocycles. The third-order valence-corrected chi connectivity index (χ3v) is 0.460. The molecule has 4 heteroatoms. The van der Waals surface area contributed by atoms with Gasteiger partial charge in [-0.2, -0.15) is 0 Å². The summed E-state index contributed by atoms with van der Waals surface area (Å²) in [6.07, 6.45) is 0. The van der Waals surface area contributed by atoms with Crippen LogP contribution in [0.5, 0.6) is 0 Å². The van der Waals surface area contributed by atoms with Crippen LogP contribution in [0.1, 0.15) is 0 Å². The molecule has 0 aromatic carbocycles. The molecule has 0 atom stereocenters.